The van der Waals surface area contributed by atoms with Crippen molar-refractivity contribution in [2.45, 2.75) is 66.7 Å². The molecule has 1 fully saturated rings. The fraction of sp³-hybridized carbons (Fsp3) is 0.700. The number of hydrogen-bond acceptors (Lipinski definition) is 2. The van der Waals surface area contributed by atoms with Crippen LogP contribution in [-0.2, 0) is 9.59 Å². The van der Waals surface area contributed by atoms with Crippen LogP contribution >= 0.6 is 0 Å². The summed E-state index contributed by atoms with van der Waals surface area (Å²) >= 11 is 0. The molecule has 2 heteroatoms. The zero-order chi connectivity index (χ0) is 16.5. The Balaban J connectivity index is 2.18. The Morgan fingerprint density at radius 3 is 2.50 bits per heavy atom. The number of ketones is 2. The Labute approximate surface area is 135 Å². The fourth-order valence-electron chi connectivity index (χ4n) is 3.87. The van der Waals surface area contributed by atoms with Gasteiger partial charge in [-0.05, 0) is 55.4 Å². The lowest BCUT2D eigenvalue weighted by Gasteiger charge is -2.11. The number of fused-ring (bicyclic) bond motifs is 1. The average molecular weight is 302 g/mol. The van der Waals surface area contributed by atoms with Crippen molar-refractivity contribution in [3.05, 3.63) is 23.3 Å². The topological polar surface area (TPSA) is 34.1 Å². The Hall–Kier alpha value is -1.18. The molecule has 3 atom stereocenters. The lowest BCUT2D eigenvalue weighted by molar-refractivity contribution is -0.119. The molecule has 2 rings (SSSR count). The summed E-state index contributed by atoms with van der Waals surface area (Å²) in [6.45, 7) is 10.7. The highest BCUT2D eigenvalue weighted by molar-refractivity contribution is 5.96. The van der Waals surface area contributed by atoms with Crippen LogP contribution in [0.25, 0.3) is 0 Å². The lowest BCUT2D eigenvalue weighted by Crippen LogP contribution is -2.07. The predicted molar refractivity (Wildman–Crippen MR) is 90.5 cm³/mol. The maximum Gasteiger partial charge on any atom is 0.162 e. The van der Waals surface area contributed by atoms with E-state index in [4.69, 9.17) is 0 Å². The van der Waals surface area contributed by atoms with E-state index in [0.29, 0.717) is 48.2 Å². The molecule has 0 aromatic carbocycles. The van der Waals surface area contributed by atoms with Crippen molar-refractivity contribution >= 4 is 11.6 Å². The molecule has 3 unspecified atom stereocenters. The molecule has 0 spiro atoms. The van der Waals surface area contributed by atoms with E-state index in [0.717, 1.165) is 17.6 Å². The van der Waals surface area contributed by atoms with Gasteiger partial charge < -0.3 is 0 Å². The minimum Gasteiger partial charge on any atom is -0.299 e. The number of Topliss-reactive ketones (excluding diaryl/α,β-unsaturated/α-hetero) is 2. The summed E-state index contributed by atoms with van der Waals surface area (Å²) in [6, 6.07) is 0. The van der Waals surface area contributed by atoms with Crippen LogP contribution in [0.3, 0.4) is 0 Å². The maximum absolute atomic E-state index is 12.2. The normalized spacial score (nSPS) is 33.4. The summed E-state index contributed by atoms with van der Waals surface area (Å²) in [6.07, 6.45) is 8.01. The van der Waals surface area contributed by atoms with Crippen LogP contribution in [0.4, 0.5) is 0 Å². The predicted octanol–water partition coefficient (Wildman–Crippen LogP) is 4.89. The van der Waals surface area contributed by atoms with Gasteiger partial charge in [0.15, 0.2) is 5.78 Å². The molecule has 2 aliphatic carbocycles. The maximum atomic E-state index is 12.2. The molecule has 0 N–H and O–H groups in total. The Morgan fingerprint density at radius 1 is 1.14 bits per heavy atom. The smallest absolute Gasteiger partial charge is 0.162 e. The molecule has 122 valence electrons. The highest BCUT2D eigenvalue weighted by Crippen LogP contribution is 2.61. The van der Waals surface area contributed by atoms with Crippen LogP contribution in [0.2, 0.25) is 0 Å². The molecule has 1 saturated carbocycles. The second kappa shape index (κ2) is 6.52. The van der Waals surface area contributed by atoms with E-state index in [-0.39, 0.29) is 5.78 Å². The molecule has 0 radical (unpaired) electrons. The van der Waals surface area contributed by atoms with Gasteiger partial charge in [-0.15, -0.1) is 0 Å². The van der Waals surface area contributed by atoms with E-state index in [1.54, 1.807) is 0 Å². The van der Waals surface area contributed by atoms with E-state index in [2.05, 4.69) is 26.8 Å². The van der Waals surface area contributed by atoms with Gasteiger partial charge in [0, 0.05) is 19.3 Å². The standard InChI is InChI=1S/C20H30O2/c1-13-6-8-17-18(20(17,4)5)12-15(3)19(22)9-7-14(2)11-16(21)10-13/h7,12-13,17-18H,6,8-11H2,1-5H3. The van der Waals surface area contributed by atoms with Gasteiger partial charge in [0.2, 0.25) is 0 Å². The summed E-state index contributed by atoms with van der Waals surface area (Å²) in [5.74, 6) is 2.15. The van der Waals surface area contributed by atoms with Crippen molar-refractivity contribution in [2.75, 3.05) is 0 Å². The molecule has 0 bridgehead atoms. The molecule has 0 aromatic rings. The monoisotopic (exact) mass is 302 g/mol. The third-order valence-corrected chi connectivity index (χ3v) is 5.67. The van der Waals surface area contributed by atoms with Gasteiger partial charge in [-0.1, -0.05) is 38.5 Å². The van der Waals surface area contributed by atoms with Crippen molar-refractivity contribution < 1.29 is 9.59 Å². The fourth-order valence-corrected chi connectivity index (χ4v) is 3.87. The minimum atomic E-state index is 0.193. The summed E-state index contributed by atoms with van der Waals surface area (Å²) in [5, 5.41) is 0. The summed E-state index contributed by atoms with van der Waals surface area (Å²) in [4.78, 5) is 24.3. The van der Waals surface area contributed by atoms with E-state index >= 15 is 0 Å². The molecule has 0 aliphatic heterocycles. The number of carbonyl (C=O) groups excluding carboxylic acids is 2. The van der Waals surface area contributed by atoms with Crippen LogP contribution < -0.4 is 0 Å². The van der Waals surface area contributed by atoms with Crippen molar-refractivity contribution in [3.63, 3.8) is 0 Å². The van der Waals surface area contributed by atoms with Gasteiger partial charge in [-0.3, -0.25) is 9.59 Å². The molecular formula is C20H30O2. The van der Waals surface area contributed by atoms with E-state index in [9.17, 15) is 9.59 Å². The Kier molecular flexibility index (Phi) is 5.09. The van der Waals surface area contributed by atoms with Crippen LogP contribution in [0.1, 0.15) is 66.7 Å². The van der Waals surface area contributed by atoms with Crippen LogP contribution in [0.15, 0.2) is 23.3 Å². The Bertz CT molecular complexity index is 522. The molecule has 0 saturated heterocycles. The SMILES string of the molecule is CC1=CCC(=O)C(C)=CC2C(CCC(C)CC(=O)C1)C2(C)C. The molecule has 0 amide bonds. The first-order valence-corrected chi connectivity index (χ1v) is 8.60. The molecule has 2 aliphatic rings. The van der Waals surface area contributed by atoms with Gasteiger partial charge in [0.25, 0.3) is 0 Å². The van der Waals surface area contributed by atoms with Crippen LogP contribution in [0.5, 0.6) is 0 Å². The van der Waals surface area contributed by atoms with Gasteiger partial charge >= 0.3 is 0 Å². The summed E-state index contributed by atoms with van der Waals surface area (Å²) < 4.78 is 0. The number of carbonyl (C=O) groups is 2. The first-order chi connectivity index (χ1) is 10.2. The molecule has 2 nitrogen and oxygen atoms in total. The Morgan fingerprint density at radius 2 is 1.82 bits per heavy atom. The zero-order valence-corrected chi connectivity index (χ0v) is 14.7. The van der Waals surface area contributed by atoms with Crippen molar-refractivity contribution in [1.29, 1.82) is 0 Å². The minimum absolute atomic E-state index is 0.193. The summed E-state index contributed by atoms with van der Waals surface area (Å²) in [7, 11) is 0. The quantitative estimate of drug-likeness (QED) is 0.597. The van der Waals surface area contributed by atoms with Crippen LogP contribution in [0, 0.1) is 23.2 Å². The van der Waals surface area contributed by atoms with Gasteiger partial charge in [0.05, 0.1) is 0 Å². The van der Waals surface area contributed by atoms with Gasteiger partial charge in [0.1, 0.15) is 5.78 Å². The van der Waals surface area contributed by atoms with Gasteiger partial charge in [-0.2, -0.15) is 0 Å². The van der Waals surface area contributed by atoms with Crippen molar-refractivity contribution in [3.8, 4) is 0 Å². The van der Waals surface area contributed by atoms with Crippen LogP contribution in [-0.4, -0.2) is 11.6 Å². The third-order valence-electron chi connectivity index (χ3n) is 5.67. The summed E-state index contributed by atoms with van der Waals surface area (Å²) in [5.41, 5.74) is 2.22. The van der Waals surface area contributed by atoms with E-state index in [1.807, 2.05) is 19.9 Å². The number of allylic oxidation sites excluding steroid dienone is 4. The number of rotatable bonds is 0. The molecule has 0 heterocycles. The first kappa shape index (κ1) is 17.2. The van der Waals surface area contributed by atoms with E-state index < -0.39 is 0 Å². The second-order valence-electron chi connectivity index (χ2n) is 8.08. The molecule has 0 aromatic heterocycles. The first-order valence-electron chi connectivity index (χ1n) is 8.60. The zero-order valence-electron chi connectivity index (χ0n) is 14.7. The third kappa shape index (κ3) is 3.97. The highest BCUT2D eigenvalue weighted by atomic mass is 16.1. The highest BCUT2D eigenvalue weighted by Gasteiger charge is 2.55. The molecule has 22 heavy (non-hydrogen) atoms. The lowest BCUT2D eigenvalue weighted by atomic mass is 9.93. The molecular weight excluding hydrogens is 272 g/mol. The van der Waals surface area contributed by atoms with Crippen molar-refractivity contribution in [2.24, 2.45) is 23.2 Å². The van der Waals surface area contributed by atoms with E-state index in [1.165, 1.54) is 6.42 Å². The van der Waals surface area contributed by atoms with Gasteiger partial charge in [-0.25, -0.2) is 0 Å². The van der Waals surface area contributed by atoms with Crippen molar-refractivity contribution in [1.82, 2.24) is 0 Å². The average Bonchev–Trinajstić information content (AvgIpc) is 2.92. The second-order valence-corrected chi connectivity index (χ2v) is 8.08. The largest absolute Gasteiger partial charge is 0.299 e. The number of hydrogen-bond donors (Lipinski definition) is 0.